The zero-order valence-electron chi connectivity index (χ0n) is 15.9. The van der Waals surface area contributed by atoms with Crippen molar-refractivity contribution in [2.75, 3.05) is 27.7 Å². The molecule has 0 fully saturated rings. The maximum atomic E-state index is 13.9. The Kier molecular flexibility index (Phi) is 10.6. The van der Waals surface area contributed by atoms with Crippen LogP contribution >= 0.6 is 35.6 Å². The molecule has 0 amide bonds. The van der Waals surface area contributed by atoms with Crippen molar-refractivity contribution in [3.8, 4) is 0 Å². The minimum Gasteiger partial charge on any atom is -0.356 e. The SMILES string of the molecule is CN=C(NCCc1ccc(Cl)cc1)NCc1ccc(F)c(CN(C)C)c1.I. The minimum absolute atomic E-state index is 0. The van der Waals surface area contributed by atoms with E-state index in [2.05, 4.69) is 15.6 Å². The molecule has 4 nitrogen and oxygen atoms in total. The van der Waals surface area contributed by atoms with Crippen LogP contribution in [0.25, 0.3) is 0 Å². The van der Waals surface area contributed by atoms with Gasteiger partial charge in [0.25, 0.3) is 0 Å². The summed E-state index contributed by atoms with van der Waals surface area (Å²) in [6, 6.07) is 13.0. The first-order valence-corrected chi connectivity index (χ1v) is 8.96. The number of hydrogen-bond acceptors (Lipinski definition) is 2. The highest BCUT2D eigenvalue weighted by Gasteiger charge is 2.06. The lowest BCUT2D eigenvalue weighted by Gasteiger charge is -2.14. The van der Waals surface area contributed by atoms with Gasteiger partial charge in [0.15, 0.2) is 5.96 Å². The summed E-state index contributed by atoms with van der Waals surface area (Å²) in [5.41, 5.74) is 2.92. The van der Waals surface area contributed by atoms with Gasteiger partial charge in [-0.25, -0.2) is 4.39 Å². The first kappa shape index (κ1) is 23.7. The van der Waals surface area contributed by atoms with Crippen LogP contribution < -0.4 is 10.6 Å². The van der Waals surface area contributed by atoms with E-state index in [0.29, 0.717) is 18.7 Å². The summed E-state index contributed by atoms with van der Waals surface area (Å²) >= 11 is 5.90. The fraction of sp³-hybridized carbons (Fsp3) is 0.350. The Morgan fingerprint density at radius 2 is 1.74 bits per heavy atom. The van der Waals surface area contributed by atoms with Gasteiger partial charge in [0.2, 0.25) is 0 Å². The van der Waals surface area contributed by atoms with Crippen molar-refractivity contribution in [2.45, 2.75) is 19.5 Å². The molecule has 0 aliphatic heterocycles. The lowest BCUT2D eigenvalue weighted by molar-refractivity contribution is 0.392. The molecule has 0 bridgehead atoms. The number of guanidine groups is 1. The number of rotatable bonds is 7. The molecule has 2 aromatic carbocycles. The molecule has 0 atom stereocenters. The Labute approximate surface area is 183 Å². The van der Waals surface area contributed by atoms with Crippen molar-refractivity contribution >= 4 is 41.5 Å². The zero-order valence-corrected chi connectivity index (χ0v) is 19.0. The number of benzene rings is 2. The summed E-state index contributed by atoms with van der Waals surface area (Å²) in [5.74, 6) is 0.547. The molecule has 2 rings (SSSR count). The van der Waals surface area contributed by atoms with E-state index < -0.39 is 0 Å². The third-order valence-electron chi connectivity index (χ3n) is 3.90. The summed E-state index contributed by atoms with van der Waals surface area (Å²) < 4.78 is 13.9. The molecule has 0 spiro atoms. The second-order valence-electron chi connectivity index (χ2n) is 6.39. The van der Waals surface area contributed by atoms with Crippen LogP contribution in [0.4, 0.5) is 4.39 Å². The van der Waals surface area contributed by atoms with Gasteiger partial charge in [0, 0.05) is 37.3 Å². The predicted molar refractivity (Wildman–Crippen MR) is 123 cm³/mol. The first-order chi connectivity index (χ1) is 12.5. The van der Waals surface area contributed by atoms with Crippen molar-refractivity contribution in [3.63, 3.8) is 0 Å². The normalized spacial score (nSPS) is 11.3. The Balaban J connectivity index is 0.00000364. The van der Waals surface area contributed by atoms with E-state index in [1.54, 1.807) is 13.1 Å². The maximum Gasteiger partial charge on any atom is 0.191 e. The summed E-state index contributed by atoms with van der Waals surface area (Å²) in [5, 5.41) is 7.29. The lowest BCUT2D eigenvalue weighted by Crippen LogP contribution is -2.37. The number of aliphatic imine (C=N–C) groups is 1. The minimum atomic E-state index is -0.173. The quantitative estimate of drug-likeness (QED) is 0.339. The molecule has 0 saturated carbocycles. The van der Waals surface area contributed by atoms with Crippen LogP contribution in [0.5, 0.6) is 0 Å². The highest BCUT2D eigenvalue weighted by atomic mass is 127. The molecule has 0 heterocycles. The molecule has 0 aliphatic carbocycles. The van der Waals surface area contributed by atoms with Crippen molar-refractivity contribution in [1.29, 1.82) is 0 Å². The van der Waals surface area contributed by atoms with E-state index in [1.807, 2.05) is 49.3 Å². The predicted octanol–water partition coefficient (Wildman–Crippen LogP) is 4.07. The van der Waals surface area contributed by atoms with Gasteiger partial charge < -0.3 is 15.5 Å². The van der Waals surface area contributed by atoms with Crippen molar-refractivity contribution < 1.29 is 4.39 Å². The number of halogens is 3. The first-order valence-electron chi connectivity index (χ1n) is 8.59. The lowest BCUT2D eigenvalue weighted by atomic mass is 10.1. The highest BCUT2D eigenvalue weighted by Crippen LogP contribution is 2.12. The smallest absolute Gasteiger partial charge is 0.191 e. The Morgan fingerprint density at radius 3 is 2.37 bits per heavy atom. The van der Waals surface area contributed by atoms with Crippen molar-refractivity contribution in [1.82, 2.24) is 15.5 Å². The highest BCUT2D eigenvalue weighted by molar-refractivity contribution is 14.0. The summed E-state index contributed by atoms with van der Waals surface area (Å²) in [4.78, 5) is 6.18. The Morgan fingerprint density at radius 1 is 1.07 bits per heavy atom. The molecule has 2 N–H and O–H groups in total. The van der Waals surface area contributed by atoms with E-state index in [1.165, 1.54) is 11.6 Å². The molecule has 0 radical (unpaired) electrons. The molecule has 148 valence electrons. The molecule has 7 heteroatoms. The van der Waals surface area contributed by atoms with Crippen LogP contribution in [0.1, 0.15) is 16.7 Å². The summed E-state index contributed by atoms with van der Waals surface area (Å²) in [7, 11) is 5.59. The van der Waals surface area contributed by atoms with E-state index >= 15 is 0 Å². The van der Waals surface area contributed by atoms with Gasteiger partial charge in [0.05, 0.1) is 0 Å². The molecular formula is C20H27ClFIN4. The third-order valence-corrected chi connectivity index (χ3v) is 4.15. The van der Waals surface area contributed by atoms with Gasteiger partial charge >= 0.3 is 0 Å². The standard InChI is InChI=1S/C20H26ClFN4.HI/c1-23-20(24-11-10-15-4-7-18(21)8-5-15)25-13-16-6-9-19(22)17(12-16)14-26(2)3;/h4-9,12H,10-11,13-14H2,1-3H3,(H2,23,24,25);1H. The van der Waals surface area contributed by atoms with E-state index in [-0.39, 0.29) is 29.8 Å². The average Bonchev–Trinajstić information content (AvgIpc) is 2.61. The molecular weight excluding hydrogens is 478 g/mol. The molecule has 0 saturated heterocycles. The number of nitrogens with zero attached hydrogens (tertiary/aromatic N) is 2. The fourth-order valence-electron chi connectivity index (χ4n) is 2.58. The van der Waals surface area contributed by atoms with Crippen LogP contribution in [0.2, 0.25) is 5.02 Å². The number of nitrogens with one attached hydrogen (secondary N) is 2. The van der Waals surface area contributed by atoms with Gasteiger partial charge in [-0.05, 0) is 55.9 Å². The van der Waals surface area contributed by atoms with Crippen LogP contribution in [0, 0.1) is 5.82 Å². The van der Waals surface area contributed by atoms with Gasteiger partial charge in [-0.15, -0.1) is 24.0 Å². The van der Waals surface area contributed by atoms with Crippen LogP contribution in [0.3, 0.4) is 0 Å². The topological polar surface area (TPSA) is 39.7 Å². The largest absolute Gasteiger partial charge is 0.356 e. The van der Waals surface area contributed by atoms with Crippen molar-refractivity contribution in [3.05, 3.63) is 70.0 Å². The van der Waals surface area contributed by atoms with Gasteiger partial charge in [-0.3, -0.25) is 4.99 Å². The maximum absolute atomic E-state index is 13.9. The molecule has 0 aliphatic rings. The third kappa shape index (κ3) is 8.45. The Hall–Kier alpha value is -1.38. The van der Waals surface area contributed by atoms with Gasteiger partial charge in [-0.2, -0.15) is 0 Å². The number of hydrogen-bond donors (Lipinski definition) is 2. The molecule has 0 aromatic heterocycles. The molecule has 27 heavy (non-hydrogen) atoms. The van der Waals surface area contributed by atoms with E-state index in [9.17, 15) is 4.39 Å². The second kappa shape index (κ2) is 12.2. The van der Waals surface area contributed by atoms with E-state index in [4.69, 9.17) is 11.6 Å². The average molecular weight is 505 g/mol. The monoisotopic (exact) mass is 504 g/mol. The van der Waals surface area contributed by atoms with Crippen LogP contribution in [0.15, 0.2) is 47.5 Å². The van der Waals surface area contributed by atoms with Crippen molar-refractivity contribution in [2.24, 2.45) is 4.99 Å². The van der Waals surface area contributed by atoms with Crippen LogP contribution in [-0.4, -0.2) is 38.5 Å². The second-order valence-corrected chi connectivity index (χ2v) is 6.83. The van der Waals surface area contributed by atoms with Gasteiger partial charge in [0.1, 0.15) is 5.82 Å². The molecule has 2 aromatic rings. The Bertz CT molecular complexity index is 735. The summed E-state index contributed by atoms with van der Waals surface area (Å²) in [6.45, 7) is 1.92. The van der Waals surface area contributed by atoms with Crippen LogP contribution in [-0.2, 0) is 19.5 Å². The van der Waals surface area contributed by atoms with Gasteiger partial charge in [-0.1, -0.05) is 29.8 Å². The zero-order chi connectivity index (χ0) is 18.9. The fourth-order valence-corrected chi connectivity index (χ4v) is 2.71. The summed E-state index contributed by atoms with van der Waals surface area (Å²) in [6.07, 6.45) is 0.876. The van der Waals surface area contributed by atoms with E-state index in [0.717, 1.165) is 29.5 Å². The molecule has 0 unspecified atom stereocenters.